The molecule has 2 rings (SSSR count). The first-order chi connectivity index (χ1) is 9.35. The topological polar surface area (TPSA) is 79.4 Å². The lowest BCUT2D eigenvalue weighted by atomic mass is 10.1. The van der Waals surface area contributed by atoms with Crippen LogP contribution in [-0.4, -0.2) is 49.6 Å². The first-order valence-corrected chi connectivity index (χ1v) is 8.50. The Balaban J connectivity index is 1.95. The highest BCUT2D eigenvalue weighted by atomic mass is 35.5. The maximum Gasteiger partial charge on any atom is 0.272 e. The van der Waals surface area contributed by atoms with Crippen LogP contribution in [0.4, 0.5) is 0 Å². The minimum absolute atomic E-state index is 0.110. The van der Waals surface area contributed by atoms with E-state index in [4.69, 9.17) is 11.6 Å². The Bertz CT molecular complexity index is 598. The van der Waals surface area contributed by atoms with Gasteiger partial charge in [0.2, 0.25) is 10.0 Å². The number of carbonyl (C=O) groups is 1. The summed E-state index contributed by atoms with van der Waals surface area (Å²) in [6, 6.07) is 3.03. The van der Waals surface area contributed by atoms with Crippen LogP contribution in [0.5, 0.6) is 0 Å². The molecule has 0 bridgehead atoms. The Hall–Kier alpha value is -1.18. The van der Waals surface area contributed by atoms with Crippen LogP contribution in [0.15, 0.2) is 18.3 Å². The molecule has 0 atom stereocenters. The van der Waals surface area contributed by atoms with Gasteiger partial charge < -0.3 is 4.90 Å². The fourth-order valence-corrected chi connectivity index (χ4v) is 3.19. The molecule has 0 saturated carbocycles. The van der Waals surface area contributed by atoms with Crippen molar-refractivity contribution in [1.29, 1.82) is 0 Å². The number of sulfonamides is 1. The van der Waals surface area contributed by atoms with Crippen LogP contribution in [0.3, 0.4) is 0 Å². The number of hydrogen-bond donors (Lipinski definition) is 1. The Morgan fingerprint density at radius 1 is 1.45 bits per heavy atom. The Morgan fingerprint density at radius 2 is 2.10 bits per heavy atom. The zero-order valence-corrected chi connectivity index (χ0v) is 12.6. The van der Waals surface area contributed by atoms with E-state index in [-0.39, 0.29) is 11.9 Å². The number of nitrogens with zero attached hydrogens (tertiary/aromatic N) is 2. The standard InChI is InChI=1S/C12H16ClN3O3S/c1-20(18,19)15-10-3-6-16(7-4-10)12(17)11-8-9(13)2-5-14-11/h2,5,8,10,15H,3-4,6-7H2,1H3. The molecule has 1 aromatic heterocycles. The van der Waals surface area contributed by atoms with Crippen molar-refractivity contribution >= 4 is 27.5 Å². The van der Waals surface area contributed by atoms with Gasteiger partial charge in [0.05, 0.1) is 6.26 Å². The van der Waals surface area contributed by atoms with E-state index in [1.807, 2.05) is 0 Å². The number of piperidine rings is 1. The lowest BCUT2D eigenvalue weighted by Crippen LogP contribution is -2.46. The average molecular weight is 318 g/mol. The van der Waals surface area contributed by atoms with Crippen LogP contribution in [0.1, 0.15) is 23.3 Å². The Kier molecular flexibility index (Phi) is 4.62. The molecule has 20 heavy (non-hydrogen) atoms. The van der Waals surface area contributed by atoms with Gasteiger partial charge in [0.1, 0.15) is 5.69 Å². The smallest absolute Gasteiger partial charge is 0.272 e. The quantitative estimate of drug-likeness (QED) is 0.898. The number of likely N-dealkylation sites (tertiary alicyclic amines) is 1. The van der Waals surface area contributed by atoms with Gasteiger partial charge in [-0.2, -0.15) is 0 Å². The number of pyridine rings is 1. The number of amides is 1. The molecule has 2 heterocycles. The predicted molar refractivity (Wildman–Crippen MR) is 76.2 cm³/mol. The fourth-order valence-electron chi connectivity index (χ4n) is 2.19. The summed E-state index contributed by atoms with van der Waals surface area (Å²) in [6.45, 7) is 1.00. The molecule has 0 radical (unpaired) electrons. The van der Waals surface area contributed by atoms with Gasteiger partial charge in [-0.05, 0) is 25.0 Å². The van der Waals surface area contributed by atoms with Crippen molar-refractivity contribution in [3.63, 3.8) is 0 Å². The van der Waals surface area contributed by atoms with Crippen LogP contribution < -0.4 is 4.72 Å². The van der Waals surface area contributed by atoms with Crippen molar-refractivity contribution < 1.29 is 13.2 Å². The van der Waals surface area contributed by atoms with E-state index in [2.05, 4.69) is 9.71 Å². The summed E-state index contributed by atoms with van der Waals surface area (Å²) in [6.07, 6.45) is 3.83. The second kappa shape index (κ2) is 6.07. The summed E-state index contributed by atoms with van der Waals surface area (Å²) in [5.41, 5.74) is 0.312. The Morgan fingerprint density at radius 3 is 2.65 bits per heavy atom. The summed E-state index contributed by atoms with van der Waals surface area (Å²) in [7, 11) is -3.20. The second-order valence-corrected chi connectivity index (χ2v) is 7.03. The molecule has 1 fully saturated rings. The fraction of sp³-hybridized carbons (Fsp3) is 0.500. The minimum Gasteiger partial charge on any atom is -0.337 e. The third-order valence-electron chi connectivity index (χ3n) is 3.10. The van der Waals surface area contributed by atoms with Gasteiger partial charge in [0.15, 0.2) is 0 Å². The number of aromatic nitrogens is 1. The molecule has 0 unspecified atom stereocenters. The highest BCUT2D eigenvalue weighted by Crippen LogP contribution is 2.15. The van der Waals surface area contributed by atoms with E-state index in [0.717, 1.165) is 6.26 Å². The molecule has 0 aromatic carbocycles. The first-order valence-electron chi connectivity index (χ1n) is 6.23. The lowest BCUT2D eigenvalue weighted by Gasteiger charge is -2.31. The van der Waals surface area contributed by atoms with E-state index >= 15 is 0 Å². The molecule has 8 heteroatoms. The molecule has 1 N–H and O–H groups in total. The van der Waals surface area contributed by atoms with Crippen LogP contribution >= 0.6 is 11.6 Å². The van der Waals surface area contributed by atoms with Crippen molar-refractivity contribution in [2.45, 2.75) is 18.9 Å². The van der Waals surface area contributed by atoms with Gasteiger partial charge in [0, 0.05) is 30.4 Å². The van der Waals surface area contributed by atoms with Gasteiger partial charge in [0.25, 0.3) is 5.91 Å². The van der Waals surface area contributed by atoms with Crippen LogP contribution in [0, 0.1) is 0 Å². The molecule has 1 amide bonds. The SMILES string of the molecule is CS(=O)(=O)NC1CCN(C(=O)c2cc(Cl)ccn2)CC1. The number of carbonyl (C=O) groups excluding carboxylic acids is 1. The monoisotopic (exact) mass is 317 g/mol. The molecule has 0 aliphatic carbocycles. The van der Waals surface area contributed by atoms with Crippen LogP contribution in [0.2, 0.25) is 5.02 Å². The second-order valence-electron chi connectivity index (χ2n) is 4.82. The average Bonchev–Trinajstić information content (AvgIpc) is 2.37. The lowest BCUT2D eigenvalue weighted by molar-refractivity contribution is 0.0705. The molecule has 1 aliphatic heterocycles. The number of nitrogens with one attached hydrogen (secondary N) is 1. The maximum atomic E-state index is 12.2. The largest absolute Gasteiger partial charge is 0.337 e. The third kappa shape index (κ3) is 4.16. The van der Waals surface area contributed by atoms with Gasteiger partial charge in [-0.3, -0.25) is 9.78 Å². The predicted octanol–water partition coefficient (Wildman–Crippen LogP) is 0.889. The van der Waals surface area contributed by atoms with Crippen molar-refractivity contribution in [1.82, 2.24) is 14.6 Å². The number of rotatable bonds is 3. The molecule has 0 spiro atoms. The molecule has 6 nitrogen and oxygen atoms in total. The van der Waals surface area contributed by atoms with Crippen molar-refractivity contribution in [2.75, 3.05) is 19.3 Å². The van der Waals surface area contributed by atoms with E-state index in [9.17, 15) is 13.2 Å². The van der Waals surface area contributed by atoms with Crippen molar-refractivity contribution in [3.05, 3.63) is 29.0 Å². The molecule has 1 saturated heterocycles. The highest BCUT2D eigenvalue weighted by molar-refractivity contribution is 7.88. The third-order valence-corrected chi connectivity index (χ3v) is 4.10. The summed E-state index contributed by atoms with van der Waals surface area (Å²) in [5, 5.41) is 0.469. The molecule has 1 aliphatic rings. The normalized spacial score (nSPS) is 17.2. The van der Waals surface area contributed by atoms with Gasteiger partial charge in [-0.1, -0.05) is 11.6 Å². The first kappa shape index (κ1) is 15.2. The molecular weight excluding hydrogens is 302 g/mol. The van der Waals surface area contributed by atoms with Crippen LogP contribution in [0.25, 0.3) is 0 Å². The molecule has 1 aromatic rings. The van der Waals surface area contributed by atoms with Gasteiger partial charge in [-0.25, -0.2) is 13.1 Å². The molecular formula is C12H16ClN3O3S. The summed E-state index contributed by atoms with van der Waals surface area (Å²) < 4.78 is 24.9. The van der Waals surface area contributed by atoms with Gasteiger partial charge >= 0.3 is 0 Å². The summed E-state index contributed by atoms with van der Waals surface area (Å²) in [4.78, 5) is 17.9. The van der Waals surface area contributed by atoms with Gasteiger partial charge in [-0.15, -0.1) is 0 Å². The van der Waals surface area contributed by atoms with E-state index < -0.39 is 10.0 Å². The maximum absolute atomic E-state index is 12.2. The van der Waals surface area contributed by atoms with E-state index in [1.165, 1.54) is 12.3 Å². The van der Waals surface area contributed by atoms with Crippen LogP contribution in [-0.2, 0) is 10.0 Å². The van der Waals surface area contributed by atoms with Crippen molar-refractivity contribution in [3.8, 4) is 0 Å². The summed E-state index contributed by atoms with van der Waals surface area (Å²) in [5.74, 6) is -0.176. The minimum atomic E-state index is -3.20. The molecule has 110 valence electrons. The van der Waals surface area contributed by atoms with E-state index in [0.29, 0.717) is 36.6 Å². The number of halogens is 1. The number of hydrogen-bond acceptors (Lipinski definition) is 4. The zero-order valence-electron chi connectivity index (χ0n) is 11.0. The van der Waals surface area contributed by atoms with Crippen molar-refractivity contribution in [2.24, 2.45) is 0 Å². The highest BCUT2D eigenvalue weighted by Gasteiger charge is 2.25. The zero-order chi connectivity index (χ0) is 14.8. The van der Waals surface area contributed by atoms with E-state index in [1.54, 1.807) is 11.0 Å². The summed E-state index contributed by atoms with van der Waals surface area (Å²) >= 11 is 5.84. The Labute approximate surface area is 123 Å².